The summed E-state index contributed by atoms with van der Waals surface area (Å²) in [6, 6.07) is 10.1. The summed E-state index contributed by atoms with van der Waals surface area (Å²) in [7, 11) is -3.67. The van der Waals surface area contributed by atoms with Gasteiger partial charge in [0.1, 0.15) is 5.82 Å². The fourth-order valence-corrected chi connectivity index (χ4v) is 3.01. The van der Waals surface area contributed by atoms with Crippen LogP contribution in [-0.4, -0.2) is 25.2 Å². The zero-order valence-corrected chi connectivity index (χ0v) is 15.3. The van der Waals surface area contributed by atoms with Gasteiger partial charge >= 0.3 is 0 Å². The van der Waals surface area contributed by atoms with Crippen LogP contribution in [0.4, 0.5) is 11.6 Å². The molecular formula is C17H24N4O2S. The molecule has 6 nitrogen and oxygen atoms in total. The van der Waals surface area contributed by atoms with Crippen LogP contribution in [0.1, 0.15) is 39.2 Å². The number of anilines is 2. The highest BCUT2D eigenvalue weighted by atomic mass is 32.2. The SMILES string of the molecule is CC(C)CNc1ccc(NS(=O)(=O)c2ccc(C(C)C)cc2)nn1. The van der Waals surface area contributed by atoms with Crippen LogP contribution in [0.2, 0.25) is 0 Å². The molecule has 2 N–H and O–H groups in total. The molecule has 0 atom stereocenters. The Labute approximate surface area is 143 Å². The summed E-state index contributed by atoms with van der Waals surface area (Å²) in [5.74, 6) is 1.65. The van der Waals surface area contributed by atoms with Gasteiger partial charge in [-0.2, -0.15) is 0 Å². The predicted octanol–water partition coefficient (Wildman–Crippen LogP) is 3.47. The maximum Gasteiger partial charge on any atom is 0.263 e. The minimum atomic E-state index is -3.67. The predicted molar refractivity (Wildman–Crippen MR) is 96.7 cm³/mol. The van der Waals surface area contributed by atoms with Gasteiger partial charge in [0.15, 0.2) is 5.82 Å². The number of nitrogens with zero attached hydrogens (tertiary/aromatic N) is 2. The zero-order valence-electron chi connectivity index (χ0n) is 14.4. The first-order chi connectivity index (χ1) is 11.3. The summed E-state index contributed by atoms with van der Waals surface area (Å²) in [6.45, 7) is 9.08. The number of hydrogen-bond donors (Lipinski definition) is 2. The Hall–Kier alpha value is -2.15. The van der Waals surface area contributed by atoms with Gasteiger partial charge in [0, 0.05) is 6.54 Å². The monoisotopic (exact) mass is 348 g/mol. The minimum Gasteiger partial charge on any atom is -0.368 e. The number of nitrogens with one attached hydrogen (secondary N) is 2. The van der Waals surface area contributed by atoms with Gasteiger partial charge in [-0.05, 0) is 41.7 Å². The average Bonchev–Trinajstić information content (AvgIpc) is 2.54. The lowest BCUT2D eigenvalue weighted by Crippen LogP contribution is -2.15. The zero-order chi connectivity index (χ0) is 17.7. The van der Waals surface area contributed by atoms with Crippen LogP contribution in [0.15, 0.2) is 41.3 Å². The van der Waals surface area contributed by atoms with Crippen LogP contribution in [0.5, 0.6) is 0 Å². The van der Waals surface area contributed by atoms with E-state index in [0.29, 0.717) is 17.7 Å². The number of sulfonamides is 1. The number of benzene rings is 1. The molecule has 1 aromatic heterocycles. The molecule has 0 fully saturated rings. The number of rotatable bonds is 7. The molecule has 24 heavy (non-hydrogen) atoms. The second-order valence-electron chi connectivity index (χ2n) is 6.41. The standard InChI is InChI=1S/C17H24N4O2S/c1-12(2)11-18-16-9-10-17(20-19-16)21-24(22,23)15-7-5-14(6-8-15)13(3)4/h5-10,12-13H,11H2,1-4H3,(H,18,19)(H,20,21). The van der Waals surface area contributed by atoms with Gasteiger partial charge in [-0.15, -0.1) is 10.2 Å². The van der Waals surface area contributed by atoms with Crippen molar-refractivity contribution < 1.29 is 8.42 Å². The second kappa shape index (κ2) is 7.61. The van der Waals surface area contributed by atoms with Crippen molar-refractivity contribution in [1.29, 1.82) is 0 Å². The van der Waals surface area contributed by atoms with E-state index in [1.54, 1.807) is 24.3 Å². The maximum atomic E-state index is 12.4. The molecule has 0 aliphatic heterocycles. The Kier molecular flexibility index (Phi) is 5.77. The largest absolute Gasteiger partial charge is 0.368 e. The Bertz CT molecular complexity index is 754. The molecule has 0 saturated heterocycles. The van der Waals surface area contributed by atoms with Crippen LogP contribution >= 0.6 is 0 Å². The molecule has 7 heteroatoms. The summed E-state index contributed by atoms with van der Waals surface area (Å²) in [6.07, 6.45) is 0. The van der Waals surface area contributed by atoms with Crippen molar-refractivity contribution in [3.05, 3.63) is 42.0 Å². The lowest BCUT2D eigenvalue weighted by atomic mass is 10.0. The molecule has 2 aromatic rings. The molecule has 0 bridgehead atoms. The Balaban J connectivity index is 2.08. The van der Waals surface area contributed by atoms with Crippen LogP contribution in [-0.2, 0) is 10.0 Å². The molecule has 0 aliphatic rings. The highest BCUT2D eigenvalue weighted by Crippen LogP contribution is 2.19. The maximum absolute atomic E-state index is 12.4. The molecule has 0 aliphatic carbocycles. The van der Waals surface area contributed by atoms with E-state index in [-0.39, 0.29) is 10.7 Å². The summed E-state index contributed by atoms with van der Waals surface area (Å²) in [4.78, 5) is 0.204. The molecule has 0 saturated carbocycles. The van der Waals surface area contributed by atoms with Crippen LogP contribution in [0.3, 0.4) is 0 Å². The molecular weight excluding hydrogens is 324 g/mol. The molecule has 0 radical (unpaired) electrons. The van der Waals surface area contributed by atoms with E-state index in [2.05, 4.69) is 47.9 Å². The Morgan fingerprint density at radius 1 is 0.917 bits per heavy atom. The number of hydrogen-bond acceptors (Lipinski definition) is 5. The Morgan fingerprint density at radius 2 is 1.50 bits per heavy atom. The van der Waals surface area contributed by atoms with Gasteiger partial charge in [0.25, 0.3) is 10.0 Å². The molecule has 2 rings (SSSR count). The average molecular weight is 348 g/mol. The van der Waals surface area contributed by atoms with Crippen molar-refractivity contribution >= 4 is 21.7 Å². The first kappa shape index (κ1) is 18.2. The normalized spacial score (nSPS) is 11.8. The van der Waals surface area contributed by atoms with E-state index in [0.717, 1.165) is 12.1 Å². The number of aromatic nitrogens is 2. The molecule has 0 amide bonds. The highest BCUT2D eigenvalue weighted by molar-refractivity contribution is 7.92. The van der Waals surface area contributed by atoms with E-state index in [1.807, 2.05) is 12.1 Å². The van der Waals surface area contributed by atoms with Gasteiger partial charge in [0.2, 0.25) is 0 Å². The van der Waals surface area contributed by atoms with Crippen molar-refractivity contribution in [2.45, 2.75) is 38.5 Å². The third-order valence-corrected chi connectivity index (χ3v) is 4.82. The lowest BCUT2D eigenvalue weighted by Gasteiger charge is -2.10. The van der Waals surface area contributed by atoms with Crippen molar-refractivity contribution in [1.82, 2.24) is 10.2 Å². The van der Waals surface area contributed by atoms with E-state index in [9.17, 15) is 8.42 Å². The van der Waals surface area contributed by atoms with Crippen LogP contribution in [0.25, 0.3) is 0 Å². The summed E-state index contributed by atoms with van der Waals surface area (Å²) in [5.41, 5.74) is 1.09. The van der Waals surface area contributed by atoms with Crippen LogP contribution in [0, 0.1) is 5.92 Å². The van der Waals surface area contributed by atoms with Crippen molar-refractivity contribution in [3.8, 4) is 0 Å². The first-order valence-electron chi connectivity index (χ1n) is 7.98. The van der Waals surface area contributed by atoms with E-state index in [1.165, 1.54) is 0 Å². The molecule has 1 heterocycles. The van der Waals surface area contributed by atoms with Gasteiger partial charge < -0.3 is 5.32 Å². The fourth-order valence-electron chi connectivity index (χ4n) is 2.02. The van der Waals surface area contributed by atoms with Crippen LogP contribution < -0.4 is 10.0 Å². The van der Waals surface area contributed by atoms with E-state index in [4.69, 9.17) is 0 Å². The third-order valence-electron chi connectivity index (χ3n) is 3.45. The van der Waals surface area contributed by atoms with Gasteiger partial charge in [-0.3, -0.25) is 4.72 Å². The lowest BCUT2D eigenvalue weighted by molar-refractivity contribution is 0.601. The molecule has 1 aromatic carbocycles. The summed E-state index contributed by atoms with van der Waals surface area (Å²) >= 11 is 0. The summed E-state index contributed by atoms with van der Waals surface area (Å²) in [5, 5.41) is 11.0. The van der Waals surface area contributed by atoms with E-state index < -0.39 is 10.0 Å². The molecule has 130 valence electrons. The summed E-state index contributed by atoms with van der Waals surface area (Å²) < 4.78 is 27.2. The van der Waals surface area contributed by atoms with E-state index >= 15 is 0 Å². The Morgan fingerprint density at radius 3 is 2.00 bits per heavy atom. The van der Waals surface area contributed by atoms with Crippen molar-refractivity contribution in [2.75, 3.05) is 16.6 Å². The smallest absolute Gasteiger partial charge is 0.263 e. The fraction of sp³-hybridized carbons (Fsp3) is 0.412. The topological polar surface area (TPSA) is 84.0 Å². The first-order valence-corrected chi connectivity index (χ1v) is 9.46. The van der Waals surface area contributed by atoms with Crippen molar-refractivity contribution in [3.63, 3.8) is 0 Å². The van der Waals surface area contributed by atoms with Crippen molar-refractivity contribution in [2.24, 2.45) is 5.92 Å². The van der Waals surface area contributed by atoms with Gasteiger partial charge in [0.05, 0.1) is 4.90 Å². The molecule has 0 unspecified atom stereocenters. The van der Waals surface area contributed by atoms with Gasteiger partial charge in [-0.25, -0.2) is 8.42 Å². The second-order valence-corrected chi connectivity index (χ2v) is 8.09. The molecule has 0 spiro atoms. The quantitative estimate of drug-likeness (QED) is 0.800. The third kappa shape index (κ3) is 4.92. The highest BCUT2D eigenvalue weighted by Gasteiger charge is 2.15. The minimum absolute atomic E-state index is 0.193. The van der Waals surface area contributed by atoms with Gasteiger partial charge in [-0.1, -0.05) is 39.8 Å².